The number of anilines is 1. The summed E-state index contributed by atoms with van der Waals surface area (Å²) in [4.78, 5) is 20.6. The molecule has 0 unspecified atom stereocenters. The van der Waals surface area contributed by atoms with Gasteiger partial charge in [0.25, 0.3) is 5.91 Å². The van der Waals surface area contributed by atoms with Crippen LogP contribution in [0, 0.1) is 6.92 Å². The van der Waals surface area contributed by atoms with Crippen LogP contribution < -0.4 is 10.6 Å². The van der Waals surface area contributed by atoms with Crippen molar-refractivity contribution in [2.24, 2.45) is 0 Å². The maximum absolute atomic E-state index is 12.3. The van der Waals surface area contributed by atoms with E-state index in [2.05, 4.69) is 36.5 Å². The summed E-state index contributed by atoms with van der Waals surface area (Å²) in [6.07, 6.45) is 5.17. The van der Waals surface area contributed by atoms with Crippen LogP contribution in [0.25, 0.3) is 0 Å². The topological polar surface area (TPSA) is 66.9 Å². The molecule has 0 spiro atoms. The molecule has 0 bridgehead atoms. The molecule has 2 N–H and O–H groups in total. The molecular formula is C15H17BrN4O. The Morgan fingerprint density at radius 3 is 2.90 bits per heavy atom. The summed E-state index contributed by atoms with van der Waals surface area (Å²) in [6.45, 7) is 5.11. The van der Waals surface area contributed by atoms with E-state index in [1.165, 1.54) is 0 Å². The molecule has 0 aliphatic heterocycles. The van der Waals surface area contributed by atoms with Crippen molar-refractivity contribution in [2.45, 2.75) is 20.4 Å². The number of carbonyl (C=O) groups is 1. The van der Waals surface area contributed by atoms with Crippen LogP contribution in [0.15, 0.2) is 35.2 Å². The number of halogens is 1. The lowest BCUT2D eigenvalue weighted by atomic mass is 10.1. The number of amides is 1. The highest BCUT2D eigenvalue weighted by atomic mass is 79.9. The zero-order chi connectivity index (χ0) is 15.2. The number of hydrogen-bond acceptors (Lipinski definition) is 4. The molecule has 0 aromatic carbocycles. The van der Waals surface area contributed by atoms with Gasteiger partial charge in [-0.2, -0.15) is 0 Å². The van der Waals surface area contributed by atoms with Crippen LogP contribution in [0.1, 0.15) is 28.4 Å². The second-order valence-electron chi connectivity index (χ2n) is 4.56. The van der Waals surface area contributed by atoms with E-state index in [4.69, 9.17) is 0 Å². The number of pyridine rings is 2. The first-order chi connectivity index (χ1) is 10.1. The normalized spacial score (nSPS) is 10.2. The van der Waals surface area contributed by atoms with Crippen molar-refractivity contribution in [2.75, 3.05) is 11.9 Å². The lowest BCUT2D eigenvalue weighted by Gasteiger charge is -2.11. The Hall–Kier alpha value is -1.95. The number of hydrogen-bond donors (Lipinski definition) is 2. The molecule has 0 saturated carbocycles. The number of nitrogens with one attached hydrogen (secondary N) is 2. The molecule has 110 valence electrons. The molecule has 2 aromatic rings. The fourth-order valence-electron chi connectivity index (χ4n) is 1.89. The monoisotopic (exact) mass is 348 g/mol. The minimum atomic E-state index is -0.157. The molecule has 2 heterocycles. The fraction of sp³-hybridized carbons (Fsp3) is 0.267. The summed E-state index contributed by atoms with van der Waals surface area (Å²) in [5.74, 6) is 0.431. The van der Waals surface area contributed by atoms with E-state index in [1.54, 1.807) is 24.7 Å². The van der Waals surface area contributed by atoms with Crippen LogP contribution >= 0.6 is 15.9 Å². The smallest absolute Gasteiger partial charge is 0.255 e. The second kappa shape index (κ2) is 7.17. The van der Waals surface area contributed by atoms with Gasteiger partial charge in [0.1, 0.15) is 5.82 Å². The molecule has 0 radical (unpaired) electrons. The first-order valence-corrected chi connectivity index (χ1v) is 7.48. The Balaban J connectivity index is 2.13. The maximum atomic E-state index is 12.3. The highest BCUT2D eigenvalue weighted by molar-refractivity contribution is 9.10. The molecule has 0 saturated heterocycles. The van der Waals surface area contributed by atoms with E-state index >= 15 is 0 Å². The third kappa shape index (κ3) is 4.01. The molecule has 0 aliphatic carbocycles. The zero-order valence-corrected chi connectivity index (χ0v) is 13.6. The average molecular weight is 349 g/mol. The summed E-state index contributed by atoms with van der Waals surface area (Å²) in [5, 5.41) is 6.01. The van der Waals surface area contributed by atoms with E-state index in [0.29, 0.717) is 24.5 Å². The molecule has 2 rings (SSSR count). The van der Waals surface area contributed by atoms with Gasteiger partial charge >= 0.3 is 0 Å². The van der Waals surface area contributed by atoms with Gasteiger partial charge in [-0.25, -0.2) is 4.98 Å². The van der Waals surface area contributed by atoms with E-state index in [9.17, 15) is 4.79 Å². The lowest BCUT2D eigenvalue weighted by molar-refractivity contribution is 0.0951. The van der Waals surface area contributed by atoms with Crippen molar-refractivity contribution in [3.8, 4) is 0 Å². The summed E-state index contributed by atoms with van der Waals surface area (Å²) >= 11 is 3.34. The highest BCUT2D eigenvalue weighted by Gasteiger charge is 2.13. The lowest BCUT2D eigenvalue weighted by Crippen LogP contribution is -2.24. The minimum Gasteiger partial charge on any atom is -0.370 e. The Morgan fingerprint density at radius 1 is 1.38 bits per heavy atom. The Morgan fingerprint density at radius 2 is 2.19 bits per heavy atom. The van der Waals surface area contributed by atoms with Crippen LogP contribution in [-0.2, 0) is 6.54 Å². The fourth-order valence-corrected chi connectivity index (χ4v) is 2.22. The van der Waals surface area contributed by atoms with Gasteiger partial charge in [0.2, 0.25) is 0 Å². The number of carbonyl (C=O) groups excluding carboxylic acids is 1. The van der Waals surface area contributed by atoms with Gasteiger partial charge in [-0.05, 0) is 53.0 Å². The second-order valence-corrected chi connectivity index (χ2v) is 5.48. The van der Waals surface area contributed by atoms with Gasteiger partial charge in [0.15, 0.2) is 0 Å². The summed E-state index contributed by atoms with van der Waals surface area (Å²) in [5.41, 5.74) is 2.63. The van der Waals surface area contributed by atoms with Gasteiger partial charge in [-0.1, -0.05) is 0 Å². The number of nitrogens with zero attached hydrogens (tertiary/aromatic N) is 2. The van der Waals surface area contributed by atoms with E-state index in [0.717, 1.165) is 15.6 Å². The van der Waals surface area contributed by atoms with Crippen molar-refractivity contribution >= 4 is 27.7 Å². The molecule has 6 heteroatoms. The number of aromatic nitrogens is 2. The average Bonchev–Trinajstić information content (AvgIpc) is 2.48. The molecule has 21 heavy (non-hydrogen) atoms. The first-order valence-electron chi connectivity index (χ1n) is 6.69. The predicted molar refractivity (Wildman–Crippen MR) is 86.2 cm³/mol. The van der Waals surface area contributed by atoms with Crippen LogP contribution in [0.5, 0.6) is 0 Å². The molecule has 5 nitrogen and oxygen atoms in total. The van der Waals surface area contributed by atoms with Crippen LogP contribution in [-0.4, -0.2) is 22.4 Å². The summed E-state index contributed by atoms with van der Waals surface area (Å²) < 4.78 is 0.773. The molecule has 0 atom stereocenters. The molecule has 0 aliphatic rings. The van der Waals surface area contributed by atoms with Crippen molar-refractivity contribution in [1.82, 2.24) is 15.3 Å². The van der Waals surface area contributed by atoms with Crippen molar-refractivity contribution in [3.05, 3.63) is 51.9 Å². The SMILES string of the molecule is CCNc1ncc(Br)cc1C(=O)NCc1ccncc1C. The Kier molecular flexibility index (Phi) is 5.27. The minimum absolute atomic E-state index is 0.157. The van der Waals surface area contributed by atoms with Gasteiger partial charge in [-0.15, -0.1) is 0 Å². The number of aryl methyl sites for hydroxylation is 1. The molecular weight excluding hydrogens is 332 g/mol. The van der Waals surface area contributed by atoms with Crippen LogP contribution in [0.3, 0.4) is 0 Å². The van der Waals surface area contributed by atoms with E-state index in [1.807, 2.05) is 19.9 Å². The van der Waals surface area contributed by atoms with Gasteiger partial charge in [-0.3, -0.25) is 9.78 Å². The Labute approximate surface area is 132 Å². The highest BCUT2D eigenvalue weighted by Crippen LogP contribution is 2.18. The van der Waals surface area contributed by atoms with Crippen molar-refractivity contribution < 1.29 is 4.79 Å². The molecule has 2 aromatic heterocycles. The molecule has 1 amide bonds. The number of rotatable bonds is 5. The summed E-state index contributed by atoms with van der Waals surface area (Å²) in [6, 6.07) is 3.67. The van der Waals surface area contributed by atoms with E-state index in [-0.39, 0.29) is 5.91 Å². The van der Waals surface area contributed by atoms with Gasteiger partial charge < -0.3 is 10.6 Å². The zero-order valence-electron chi connectivity index (χ0n) is 12.0. The van der Waals surface area contributed by atoms with Crippen molar-refractivity contribution in [3.63, 3.8) is 0 Å². The van der Waals surface area contributed by atoms with Gasteiger partial charge in [0, 0.05) is 36.2 Å². The maximum Gasteiger partial charge on any atom is 0.255 e. The molecule has 0 fully saturated rings. The van der Waals surface area contributed by atoms with Crippen molar-refractivity contribution in [1.29, 1.82) is 0 Å². The standard InChI is InChI=1S/C15H17BrN4O/c1-3-18-14-13(6-12(16)9-19-14)15(21)20-8-11-4-5-17-7-10(11)2/h4-7,9H,3,8H2,1-2H3,(H,18,19)(H,20,21). The summed E-state index contributed by atoms with van der Waals surface area (Å²) in [7, 11) is 0. The van der Waals surface area contributed by atoms with Gasteiger partial charge in [0.05, 0.1) is 5.56 Å². The Bertz CT molecular complexity index is 645. The van der Waals surface area contributed by atoms with E-state index < -0.39 is 0 Å². The predicted octanol–water partition coefficient (Wildman–Crippen LogP) is 2.91. The third-order valence-electron chi connectivity index (χ3n) is 3.02. The van der Waals surface area contributed by atoms with Crippen LogP contribution in [0.2, 0.25) is 0 Å². The largest absolute Gasteiger partial charge is 0.370 e. The quantitative estimate of drug-likeness (QED) is 0.871. The van der Waals surface area contributed by atoms with Crippen LogP contribution in [0.4, 0.5) is 5.82 Å². The first kappa shape index (κ1) is 15.4. The third-order valence-corrected chi connectivity index (χ3v) is 3.45.